The summed E-state index contributed by atoms with van der Waals surface area (Å²) < 4.78 is 7.64. The molecule has 1 aliphatic carbocycles. The first-order valence-electron chi connectivity index (χ1n) is 7.10. The Bertz CT molecular complexity index is 528. The monoisotopic (exact) mass is 293 g/mol. The number of hydrogen-bond donors (Lipinski definition) is 0. The van der Waals surface area contributed by atoms with Crippen LogP contribution in [0.5, 0.6) is 0 Å². The van der Waals surface area contributed by atoms with Crippen LogP contribution in [0.15, 0.2) is 5.11 Å². The number of rotatable bonds is 6. The van der Waals surface area contributed by atoms with E-state index in [2.05, 4.69) is 41.7 Å². The lowest BCUT2D eigenvalue weighted by Crippen LogP contribution is -2.22. The molecule has 1 unspecified atom stereocenters. The Morgan fingerprint density at radius 1 is 1.50 bits per heavy atom. The minimum atomic E-state index is -1.04. The zero-order valence-corrected chi connectivity index (χ0v) is 13.8. The molecule has 0 amide bonds. The van der Waals surface area contributed by atoms with E-state index in [0.717, 1.165) is 36.9 Å². The van der Waals surface area contributed by atoms with Gasteiger partial charge in [-0.1, -0.05) is 24.8 Å². The van der Waals surface area contributed by atoms with Gasteiger partial charge in [0, 0.05) is 25.3 Å². The van der Waals surface area contributed by atoms with Crippen LogP contribution in [0.2, 0.25) is 25.7 Å². The van der Waals surface area contributed by atoms with E-state index in [4.69, 9.17) is 10.3 Å². The molecule has 2 rings (SSSR count). The predicted octanol–water partition coefficient (Wildman–Crippen LogP) is 3.80. The van der Waals surface area contributed by atoms with E-state index in [0.29, 0.717) is 6.73 Å². The summed E-state index contributed by atoms with van der Waals surface area (Å²) in [5.74, 6) is 0. The lowest BCUT2D eigenvalue weighted by atomic mass is 10.2. The van der Waals surface area contributed by atoms with E-state index in [1.807, 2.05) is 4.68 Å². The lowest BCUT2D eigenvalue weighted by molar-refractivity contribution is 0.0766. The number of aromatic nitrogens is 2. The van der Waals surface area contributed by atoms with Crippen molar-refractivity contribution in [1.82, 2.24) is 9.78 Å². The summed E-state index contributed by atoms with van der Waals surface area (Å²) in [6, 6.07) is 1.06. The maximum Gasteiger partial charge on any atom is 0.139 e. The number of ether oxygens (including phenoxy) is 1. The molecule has 1 heterocycles. The molecule has 0 aromatic carbocycles. The molecule has 20 heavy (non-hydrogen) atoms. The van der Waals surface area contributed by atoms with E-state index in [1.165, 1.54) is 5.56 Å². The van der Waals surface area contributed by atoms with Crippen LogP contribution in [0.3, 0.4) is 0 Å². The van der Waals surface area contributed by atoms with E-state index in [-0.39, 0.29) is 6.04 Å². The molecule has 6 nitrogen and oxygen atoms in total. The quantitative estimate of drug-likeness (QED) is 0.263. The lowest BCUT2D eigenvalue weighted by Gasteiger charge is -2.15. The van der Waals surface area contributed by atoms with Crippen LogP contribution in [0.1, 0.15) is 29.4 Å². The van der Waals surface area contributed by atoms with E-state index in [9.17, 15) is 0 Å². The van der Waals surface area contributed by atoms with Crippen molar-refractivity contribution in [3.8, 4) is 0 Å². The van der Waals surface area contributed by atoms with Crippen molar-refractivity contribution in [3.63, 3.8) is 0 Å². The second kappa shape index (κ2) is 5.99. The molecule has 0 saturated carbocycles. The van der Waals surface area contributed by atoms with Crippen molar-refractivity contribution in [2.24, 2.45) is 5.11 Å². The Hall–Kier alpha value is -1.30. The molecule has 1 atom stereocenters. The molecule has 7 heteroatoms. The third kappa shape index (κ3) is 3.42. The third-order valence-corrected chi connectivity index (χ3v) is 5.45. The molecule has 1 aromatic heterocycles. The summed E-state index contributed by atoms with van der Waals surface area (Å²) >= 11 is 0. The average Bonchev–Trinajstić information content (AvgIpc) is 2.87. The molecule has 1 aliphatic rings. The molecule has 0 N–H and O–H groups in total. The molecular weight excluding hydrogens is 270 g/mol. The highest BCUT2D eigenvalue weighted by Gasteiger charge is 2.28. The van der Waals surface area contributed by atoms with Gasteiger partial charge in [0.15, 0.2) is 0 Å². The Balaban J connectivity index is 1.97. The fourth-order valence-corrected chi connectivity index (χ4v) is 3.19. The van der Waals surface area contributed by atoms with Crippen molar-refractivity contribution >= 4 is 8.07 Å². The highest BCUT2D eigenvalue weighted by Crippen LogP contribution is 2.35. The normalized spacial score (nSPS) is 17.9. The molecule has 0 saturated heterocycles. The topological polar surface area (TPSA) is 75.8 Å². The Labute approximate surface area is 120 Å². The van der Waals surface area contributed by atoms with Gasteiger partial charge in [-0.15, -0.1) is 0 Å². The zero-order chi connectivity index (χ0) is 14.8. The van der Waals surface area contributed by atoms with Crippen LogP contribution in [-0.2, 0) is 17.9 Å². The van der Waals surface area contributed by atoms with Crippen LogP contribution in [-0.4, -0.2) is 24.5 Å². The number of nitrogens with zero attached hydrogens (tertiary/aromatic N) is 5. The van der Waals surface area contributed by atoms with Gasteiger partial charge in [-0.3, -0.25) is 0 Å². The van der Waals surface area contributed by atoms with Crippen LogP contribution < -0.4 is 0 Å². The van der Waals surface area contributed by atoms with Gasteiger partial charge < -0.3 is 4.74 Å². The van der Waals surface area contributed by atoms with Gasteiger partial charge in [0.05, 0.1) is 11.7 Å². The molecule has 0 radical (unpaired) electrons. The third-order valence-electron chi connectivity index (χ3n) is 3.75. The standard InChI is InChI=1S/C13H23N5OSi/c1-10-11-5-6-12(15-17-14)13(11)16-18(10)9-19-7-8-20(2,3)4/h12H,5-9H2,1-4H3. The summed E-state index contributed by atoms with van der Waals surface area (Å²) in [6.07, 6.45) is 1.82. The highest BCUT2D eigenvalue weighted by molar-refractivity contribution is 6.76. The van der Waals surface area contributed by atoms with E-state index < -0.39 is 8.07 Å². The Kier molecular flexibility index (Phi) is 4.52. The van der Waals surface area contributed by atoms with Gasteiger partial charge in [0.25, 0.3) is 0 Å². The van der Waals surface area contributed by atoms with Gasteiger partial charge >= 0.3 is 0 Å². The Morgan fingerprint density at radius 3 is 2.90 bits per heavy atom. The van der Waals surface area contributed by atoms with Crippen molar-refractivity contribution in [2.75, 3.05) is 6.61 Å². The summed E-state index contributed by atoms with van der Waals surface area (Å²) in [4.78, 5) is 2.91. The molecule has 0 bridgehead atoms. The van der Waals surface area contributed by atoms with Crippen molar-refractivity contribution in [1.29, 1.82) is 0 Å². The minimum Gasteiger partial charge on any atom is -0.360 e. The van der Waals surface area contributed by atoms with Gasteiger partial charge in [0.1, 0.15) is 6.73 Å². The first kappa shape index (κ1) is 15.1. The number of fused-ring (bicyclic) bond motifs is 1. The summed E-state index contributed by atoms with van der Waals surface area (Å²) in [5, 5.41) is 8.38. The van der Waals surface area contributed by atoms with Crippen LogP contribution in [0.25, 0.3) is 10.4 Å². The zero-order valence-electron chi connectivity index (χ0n) is 12.8. The molecule has 0 aliphatic heterocycles. The molecule has 0 spiro atoms. The van der Waals surface area contributed by atoms with Gasteiger partial charge in [-0.2, -0.15) is 5.10 Å². The summed E-state index contributed by atoms with van der Waals surface area (Å²) in [6.45, 7) is 10.4. The minimum absolute atomic E-state index is 0.100. The number of hydrogen-bond acceptors (Lipinski definition) is 3. The fraction of sp³-hybridized carbons (Fsp3) is 0.769. The fourth-order valence-electron chi connectivity index (χ4n) is 2.43. The summed E-state index contributed by atoms with van der Waals surface area (Å²) in [5.41, 5.74) is 11.9. The smallest absolute Gasteiger partial charge is 0.139 e. The second-order valence-corrected chi connectivity index (χ2v) is 12.2. The maximum atomic E-state index is 8.58. The van der Waals surface area contributed by atoms with E-state index in [1.54, 1.807) is 0 Å². The molecule has 110 valence electrons. The largest absolute Gasteiger partial charge is 0.360 e. The summed E-state index contributed by atoms with van der Waals surface area (Å²) in [7, 11) is -1.04. The first-order valence-corrected chi connectivity index (χ1v) is 10.8. The second-order valence-electron chi connectivity index (χ2n) is 6.56. The number of azide groups is 1. The van der Waals surface area contributed by atoms with Gasteiger partial charge in [0.2, 0.25) is 0 Å². The molecular formula is C13H23N5OSi. The van der Waals surface area contributed by atoms with Crippen molar-refractivity contribution in [3.05, 3.63) is 27.4 Å². The molecule has 1 aromatic rings. The molecule has 0 fully saturated rings. The predicted molar refractivity (Wildman–Crippen MR) is 81.3 cm³/mol. The first-order chi connectivity index (χ1) is 9.42. The Morgan fingerprint density at radius 2 is 2.25 bits per heavy atom. The highest BCUT2D eigenvalue weighted by atomic mass is 28.3. The SMILES string of the molecule is Cc1c2c(nn1COCC[Si](C)(C)C)C(N=[N+]=[N-])CC2. The van der Waals surface area contributed by atoms with E-state index >= 15 is 0 Å². The van der Waals surface area contributed by atoms with Crippen LogP contribution in [0, 0.1) is 6.92 Å². The van der Waals surface area contributed by atoms with Crippen molar-refractivity contribution in [2.45, 2.75) is 58.2 Å². The average molecular weight is 293 g/mol. The van der Waals surface area contributed by atoms with Gasteiger partial charge in [-0.25, -0.2) is 4.68 Å². The van der Waals surface area contributed by atoms with Crippen molar-refractivity contribution < 1.29 is 4.74 Å². The van der Waals surface area contributed by atoms with Gasteiger partial charge in [-0.05, 0) is 36.9 Å². The van der Waals surface area contributed by atoms with Crippen LogP contribution in [0.4, 0.5) is 0 Å². The maximum absolute atomic E-state index is 8.58. The van der Waals surface area contributed by atoms with Crippen LogP contribution >= 0.6 is 0 Å².